The zero-order chi connectivity index (χ0) is 21.1. The number of nitrogens with zero attached hydrogens (tertiary/aromatic N) is 4. The number of nitriles is 1. The number of anilines is 1. The van der Waals surface area contributed by atoms with Crippen molar-refractivity contribution in [3.63, 3.8) is 0 Å². The molecule has 0 unspecified atom stereocenters. The van der Waals surface area contributed by atoms with Gasteiger partial charge in [-0.1, -0.05) is 17.7 Å². The number of hydrogen-bond acceptors (Lipinski definition) is 5. The Labute approximate surface area is 166 Å². The van der Waals surface area contributed by atoms with Gasteiger partial charge in [-0.25, -0.2) is 9.36 Å². The van der Waals surface area contributed by atoms with Crippen LogP contribution in [0.5, 0.6) is 0 Å². The molecular weight excluding hydrogens is 374 g/mol. The molecule has 1 aromatic heterocycles. The van der Waals surface area contributed by atoms with E-state index in [9.17, 15) is 24.4 Å². The maximum Gasteiger partial charge on any atom is 0.331 e. The molecule has 2 heterocycles. The van der Waals surface area contributed by atoms with Crippen LogP contribution in [0.3, 0.4) is 0 Å². The molecule has 0 saturated heterocycles. The zero-order valence-corrected chi connectivity index (χ0v) is 16.3. The number of benzene rings is 1. The van der Waals surface area contributed by atoms with E-state index in [1.54, 1.807) is 12.1 Å². The Kier molecular flexibility index (Phi) is 5.64. The summed E-state index contributed by atoms with van der Waals surface area (Å²) in [4.78, 5) is 50.9. The summed E-state index contributed by atoms with van der Waals surface area (Å²) >= 11 is 0. The number of carbonyl (C=O) groups is 2. The van der Waals surface area contributed by atoms with Gasteiger partial charge < -0.3 is 10.2 Å². The van der Waals surface area contributed by atoms with Gasteiger partial charge in [-0.15, -0.1) is 0 Å². The van der Waals surface area contributed by atoms with Crippen molar-refractivity contribution in [2.24, 2.45) is 0 Å². The van der Waals surface area contributed by atoms with E-state index in [1.807, 2.05) is 25.1 Å². The molecule has 0 saturated carbocycles. The van der Waals surface area contributed by atoms with Crippen LogP contribution in [-0.2, 0) is 29.1 Å². The average Bonchev–Trinajstić information content (AvgIpc) is 3.17. The molecule has 0 spiro atoms. The van der Waals surface area contributed by atoms with Gasteiger partial charge in [-0.2, -0.15) is 5.26 Å². The molecule has 1 N–H and O–H groups in total. The Morgan fingerprint density at radius 2 is 1.93 bits per heavy atom. The summed E-state index contributed by atoms with van der Waals surface area (Å²) in [6.07, 6.45) is 1.15. The highest BCUT2D eigenvalue weighted by molar-refractivity contribution is 5.94. The molecule has 0 bridgehead atoms. The van der Waals surface area contributed by atoms with Crippen molar-refractivity contribution in [3.05, 3.63) is 61.9 Å². The quantitative estimate of drug-likeness (QED) is 0.778. The lowest BCUT2D eigenvalue weighted by molar-refractivity contribution is -0.133. The zero-order valence-electron chi connectivity index (χ0n) is 16.3. The molecule has 3 rings (SSSR count). The minimum atomic E-state index is -0.767. The SMILES string of the molecule is Cc1ccc(NC(=O)CN(C)C(=O)Cn2c(=O)c(C#N)c3n(c2=O)CCC3)cc1. The molecule has 0 radical (unpaired) electrons. The third-order valence-corrected chi connectivity index (χ3v) is 4.88. The fraction of sp³-hybridized carbons (Fsp3) is 0.350. The van der Waals surface area contributed by atoms with Crippen molar-refractivity contribution in [3.8, 4) is 6.07 Å². The lowest BCUT2D eigenvalue weighted by Gasteiger charge is -2.18. The fourth-order valence-corrected chi connectivity index (χ4v) is 3.29. The highest BCUT2D eigenvalue weighted by Crippen LogP contribution is 2.13. The number of aromatic nitrogens is 2. The van der Waals surface area contributed by atoms with Gasteiger partial charge in [0.1, 0.15) is 18.2 Å². The number of carbonyl (C=O) groups excluding carboxylic acids is 2. The van der Waals surface area contributed by atoms with E-state index in [-0.39, 0.29) is 12.1 Å². The van der Waals surface area contributed by atoms with Crippen molar-refractivity contribution in [2.45, 2.75) is 32.9 Å². The highest BCUT2D eigenvalue weighted by Gasteiger charge is 2.24. The van der Waals surface area contributed by atoms with Gasteiger partial charge >= 0.3 is 5.69 Å². The Hall–Kier alpha value is -3.67. The molecule has 2 aromatic rings. The van der Waals surface area contributed by atoms with E-state index in [4.69, 9.17) is 0 Å². The van der Waals surface area contributed by atoms with E-state index >= 15 is 0 Å². The summed E-state index contributed by atoms with van der Waals surface area (Å²) < 4.78 is 2.14. The molecule has 1 aliphatic heterocycles. The van der Waals surface area contributed by atoms with Crippen LogP contribution in [0.2, 0.25) is 0 Å². The van der Waals surface area contributed by atoms with Crippen LogP contribution < -0.4 is 16.6 Å². The molecule has 0 atom stereocenters. The number of aryl methyl sites for hydroxylation is 1. The first kappa shape index (κ1) is 20.1. The summed E-state index contributed by atoms with van der Waals surface area (Å²) in [5.41, 5.74) is 0.613. The third kappa shape index (κ3) is 4.11. The Morgan fingerprint density at radius 1 is 1.24 bits per heavy atom. The van der Waals surface area contributed by atoms with Crippen LogP contribution in [0.4, 0.5) is 5.69 Å². The molecule has 29 heavy (non-hydrogen) atoms. The Bertz CT molecular complexity index is 1120. The van der Waals surface area contributed by atoms with E-state index in [1.165, 1.54) is 11.6 Å². The van der Waals surface area contributed by atoms with E-state index in [2.05, 4.69) is 5.32 Å². The predicted molar refractivity (Wildman–Crippen MR) is 105 cm³/mol. The van der Waals surface area contributed by atoms with Gasteiger partial charge in [-0.05, 0) is 31.9 Å². The minimum Gasteiger partial charge on any atom is -0.335 e. The topological polar surface area (TPSA) is 117 Å². The largest absolute Gasteiger partial charge is 0.335 e. The predicted octanol–water partition coefficient (Wildman–Crippen LogP) is 0.233. The fourth-order valence-electron chi connectivity index (χ4n) is 3.29. The molecule has 1 aromatic carbocycles. The van der Waals surface area contributed by atoms with Gasteiger partial charge in [0.25, 0.3) is 5.56 Å². The molecule has 0 aliphatic carbocycles. The normalized spacial score (nSPS) is 12.2. The van der Waals surface area contributed by atoms with Gasteiger partial charge in [0.15, 0.2) is 0 Å². The van der Waals surface area contributed by atoms with Crippen molar-refractivity contribution >= 4 is 17.5 Å². The summed E-state index contributed by atoms with van der Waals surface area (Å²) in [6.45, 7) is 1.57. The first-order chi connectivity index (χ1) is 13.8. The van der Waals surface area contributed by atoms with Crippen LogP contribution in [0.25, 0.3) is 0 Å². The second-order valence-corrected chi connectivity index (χ2v) is 7.03. The maximum atomic E-state index is 12.6. The molecule has 1 aliphatic rings. The summed E-state index contributed by atoms with van der Waals surface area (Å²) in [5.74, 6) is -0.980. The number of hydrogen-bond donors (Lipinski definition) is 1. The van der Waals surface area contributed by atoms with Crippen LogP contribution in [-0.4, -0.2) is 39.4 Å². The number of rotatable bonds is 5. The van der Waals surface area contributed by atoms with Crippen molar-refractivity contribution in [1.29, 1.82) is 5.26 Å². The van der Waals surface area contributed by atoms with Gasteiger partial charge in [-0.3, -0.25) is 19.0 Å². The second-order valence-electron chi connectivity index (χ2n) is 7.03. The summed E-state index contributed by atoms with van der Waals surface area (Å²) in [6, 6.07) is 9.06. The van der Waals surface area contributed by atoms with Crippen LogP contribution in [0.15, 0.2) is 33.9 Å². The van der Waals surface area contributed by atoms with Crippen LogP contribution >= 0.6 is 0 Å². The van der Waals surface area contributed by atoms with Gasteiger partial charge in [0.05, 0.1) is 6.54 Å². The Morgan fingerprint density at radius 3 is 2.59 bits per heavy atom. The van der Waals surface area contributed by atoms with Gasteiger partial charge in [0, 0.05) is 25.0 Å². The van der Waals surface area contributed by atoms with Crippen molar-refractivity contribution < 1.29 is 9.59 Å². The smallest absolute Gasteiger partial charge is 0.331 e. The number of amides is 2. The summed E-state index contributed by atoms with van der Waals surface area (Å²) in [7, 11) is 1.41. The average molecular weight is 395 g/mol. The first-order valence-corrected chi connectivity index (χ1v) is 9.19. The molecule has 0 fully saturated rings. The number of nitrogens with one attached hydrogen (secondary N) is 1. The lowest BCUT2D eigenvalue weighted by Crippen LogP contribution is -2.46. The van der Waals surface area contributed by atoms with E-state index < -0.39 is 29.6 Å². The standard InChI is InChI=1S/C20H21N5O4/c1-13-5-7-14(8-6-13)22-17(26)11-23(2)18(27)12-25-19(28)15(10-21)16-4-3-9-24(16)20(25)29/h5-8H,3-4,9,11-12H2,1-2H3,(H,22,26). The lowest BCUT2D eigenvalue weighted by atomic mass is 10.2. The van der Waals surface area contributed by atoms with Crippen LogP contribution in [0.1, 0.15) is 23.2 Å². The number of fused-ring (bicyclic) bond motifs is 1. The van der Waals surface area contributed by atoms with Crippen molar-refractivity contribution in [1.82, 2.24) is 14.0 Å². The molecule has 9 nitrogen and oxygen atoms in total. The minimum absolute atomic E-state index is 0.102. The third-order valence-electron chi connectivity index (χ3n) is 4.88. The molecule has 2 amide bonds. The van der Waals surface area contributed by atoms with E-state index in [0.29, 0.717) is 30.8 Å². The maximum absolute atomic E-state index is 12.6. The first-order valence-electron chi connectivity index (χ1n) is 9.19. The Balaban J connectivity index is 1.72. The number of likely N-dealkylation sites (N-methyl/N-ethyl adjacent to an activating group) is 1. The van der Waals surface area contributed by atoms with Crippen molar-refractivity contribution in [2.75, 3.05) is 18.9 Å². The molecule has 9 heteroatoms. The monoisotopic (exact) mass is 395 g/mol. The van der Waals surface area contributed by atoms with E-state index in [0.717, 1.165) is 15.0 Å². The molecule has 150 valence electrons. The summed E-state index contributed by atoms with van der Waals surface area (Å²) in [5, 5.41) is 12.0. The highest BCUT2D eigenvalue weighted by atomic mass is 16.2. The van der Waals surface area contributed by atoms with Crippen LogP contribution in [0, 0.1) is 18.3 Å². The second kappa shape index (κ2) is 8.14. The molecular formula is C20H21N5O4. The van der Waals surface area contributed by atoms with Gasteiger partial charge in [0.2, 0.25) is 11.8 Å².